The molecule has 0 atom stereocenters. The van der Waals surface area contributed by atoms with Crippen molar-refractivity contribution in [1.29, 1.82) is 0 Å². The Labute approximate surface area is 125 Å². The van der Waals surface area contributed by atoms with Crippen molar-refractivity contribution in [3.05, 3.63) is 69.7 Å². The number of aryl methyl sites for hydroxylation is 2. The van der Waals surface area contributed by atoms with Crippen molar-refractivity contribution >= 4 is 17.5 Å². The molecule has 2 aromatic carbocycles. The predicted molar refractivity (Wildman–Crippen MR) is 83.2 cm³/mol. The molecule has 104 valence electrons. The average Bonchev–Trinajstić information content (AvgIpc) is 2.43. The fourth-order valence-corrected chi connectivity index (χ4v) is 2.16. The molecule has 0 saturated heterocycles. The number of amides is 1. The van der Waals surface area contributed by atoms with Crippen LogP contribution in [-0.2, 0) is 6.54 Å². The minimum Gasteiger partial charge on any atom is -0.337 e. The third-order valence-corrected chi connectivity index (χ3v) is 3.69. The number of carbonyl (C=O) groups excluding carboxylic acids is 1. The van der Waals surface area contributed by atoms with Gasteiger partial charge >= 0.3 is 0 Å². The van der Waals surface area contributed by atoms with Crippen LogP contribution in [0.2, 0.25) is 5.02 Å². The highest BCUT2D eigenvalue weighted by Gasteiger charge is 2.12. The molecule has 0 spiro atoms. The number of nitrogens with zero attached hydrogens (tertiary/aromatic N) is 1. The van der Waals surface area contributed by atoms with Gasteiger partial charge in [0.15, 0.2) is 0 Å². The van der Waals surface area contributed by atoms with Crippen LogP contribution in [0.1, 0.15) is 27.0 Å². The Morgan fingerprint density at radius 1 is 1.05 bits per heavy atom. The molecular formula is C17H18ClNO. The van der Waals surface area contributed by atoms with E-state index in [2.05, 4.69) is 0 Å². The van der Waals surface area contributed by atoms with Crippen molar-refractivity contribution in [1.82, 2.24) is 4.90 Å². The van der Waals surface area contributed by atoms with E-state index in [4.69, 9.17) is 11.6 Å². The summed E-state index contributed by atoms with van der Waals surface area (Å²) in [5.41, 5.74) is 4.12. The van der Waals surface area contributed by atoms with E-state index in [9.17, 15) is 4.79 Å². The smallest absolute Gasteiger partial charge is 0.253 e. The normalized spacial score (nSPS) is 10.4. The summed E-state index contributed by atoms with van der Waals surface area (Å²) in [6, 6.07) is 13.4. The maximum atomic E-state index is 12.4. The van der Waals surface area contributed by atoms with Gasteiger partial charge in [-0.2, -0.15) is 0 Å². The molecule has 0 fully saturated rings. The summed E-state index contributed by atoms with van der Waals surface area (Å²) in [5.74, 6) is 0.0306. The molecule has 2 aromatic rings. The lowest BCUT2D eigenvalue weighted by Gasteiger charge is -2.18. The second-order valence-electron chi connectivity index (χ2n) is 5.09. The van der Waals surface area contributed by atoms with Crippen LogP contribution in [0.4, 0.5) is 0 Å². The van der Waals surface area contributed by atoms with Crippen molar-refractivity contribution < 1.29 is 4.79 Å². The molecule has 20 heavy (non-hydrogen) atoms. The van der Waals surface area contributed by atoms with Crippen molar-refractivity contribution in [2.24, 2.45) is 0 Å². The summed E-state index contributed by atoms with van der Waals surface area (Å²) in [6.07, 6.45) is 0. The maximum absolute atomic E-state index is 12.4. The number of halogens is 1. The van der Waals surface area contributed by atoms with Gasteiger partial charge in [-0.25, -0.2) is 0 Å². The van der Waals surface area contributed by atoms with Gasteiger partial charge in [0.2, 0.25) is 0 Å². The third-order valence-electron chi connectivity index (χ3n) is 3.43. The molecule has 2 rings (SSSR count). The molecule has 0 saturated carbocycles. The first-order valence-electron chi connectivity index (χ1n) is 6.54. The second-order valence-corrected chi connectivity index (χ2v) is 5.52. The lowest BCUT2D eigenvalue weighted by Crippen LogP contribution is -2.26. The van der Waals surface area contributed by atoms with E-state index in [-0.39, 0.29) is 5.91 Å². The Kier molecular flexibility index (Phi) is 4.46. The largest absolute Gasteiger partial charge is 0.337 e. The number of hydrogen-bond donors (Lipinski definition) is 0. The summed E-state index contributed by atoms with van der Waals surface area (Å²) in [7, 11) is 1.81. The fraction of sp³-hybridized carbons (Fsp3) is 0.235. The third kappa shape index (κ3) is 3.40. The summed E-state index contributed by atoms with van der Waals surface area (Å²) >= 11 is 5.86. The van der Waals surface area contributed by atoms with Crippen LogP contribution in [0.5, 0.6) is 0 Å². The van der Waals surface area contributed by atoms with Gasteiger partial charge in [0.1, 0.15) is 0 Å². The zero-order valence-corrected chi connectivity index (χ0v) is 12.7. The monoisotopic (exact) mass is 287 g/mol. The minimum atomic E-state index is 0.0306. The van der Waals surface area contributed by atoms with Gasteiger partial charge < -0.3 is 4.90 Å². The Morgan fingerprint density at radius 3 is 2.30 bits per heavy atom. The minimum absolute atomic E-state index is 0.0306. The van der Waals surface area contributed by atoms with Gasteiger partial charge in [0, 0.05) is 24.2 Å². The van der Waals surface area contributed by atoms with E-state index >= 15 is 0 Å². The molecule has 0 aliphatic rings. The van der Waals surface area contributed by atoms with Crippen molar-refractivity contribution in [3.8, 4) is 0 Å². The first kappa shape index (κ1) is 14.6. The zero-order chi connectivity index (χ0) is 14.7. The summed E-state index contributed by atoms with van der Waals surface area (Å²) in [6.45, 7) is 4.63. The quantitative estimate of drug-likeness (QED) is 0.827. The lowest BCUT2D eigenvalue weighted by molar-refractivity contribution is 0.0785. The number of carbonyl (C=O) groups is 1. The number of benzene rings is 2. The van der Waals surface area contributed by atoms with Crippen LogP contribution in [0.3, 0.4) is 0 Å². The van der Waals surface area contributed by atoms with E-state index < -0.39 is 0 Å². The highest BCUT2D eigenvalue weighted by Crippen LogP contribution is 2.14. The molecule has 0 unspecified atom stereocenters. The highest BCUT2D eigenvalue weighted by molar-refractivity contribution is 6.30. The van der Waals surface area contributed by atoms with Crippen LogP contribution >= 0.6 is 11.6 Å². The van der Waals surface area contributed by atoms with E-state index in [0.717, 1.165) is 16.7 Å². The fourth-order valence-electron chi connectivity index (χ4n) is 2.03. The molecule has 0 radical (unpaired) electrons. The van der Waals surface area contributed by atoms with E-state index in [1.807, 2.05) is 63.4 Å². The zero-order valence-electron chi connectivity index (χ0n) is 12.0. The topological polar surface area (TPSA) is 20.3 Å². The van der Waals surface area contributed by atoms with Crippen LogP contribution in [-0.4, -0.2) is 17.9 Å². The van der Waals surface area contributed by atoms with Gasteiger partial charge in [-0.3, -0.25) is 4.79 Å². The first-order valence-corrected chi connectivity index (χ1v) is 6.92. The Morgan fingerprint density at radius 2 is 1.70 bits per heavy atom. The average molecular weight is 288 g/mol. The molecule has 0 N–H and O–H groups in total. The summed E-state index contributed by atoms with van der Waals surface area (Å²) in [4.78, 5) is 14.1. The molecule has 0 aliphatic carbocycles. The highest BCUT2D eigenvalue weighted by atomic mass is 35.5. The standard InChI is InChI=1S/C17H18ClNO/c1-12-4-7-15(10-13(12)2)17(20)19(3)11-14-5-8-16(18)9-6-14/h4-10H,11H2,1-3H3. The maximum Gasteiger partial charge on any atom is 0.253 e. The van der Waals surface area contributed by atoms with E-state index in [1.54, 1.807) is 4.90 Å². The van der Waals surface area contributed by atoms with Crippen LogP contribution in [0.25, 0.3) is 0 Å². The summed E-state index contributed by atoms with van der Waals surface area (Å²) in [5, 5.41) is 0.705. The number of hydrogen-bond acceptors (Lipinski definition) is 1. The SMILES string of the molecule is Cc1ccc(C(=O)N(C)Cc2ccc(Cl)cc2)cc1C. The van der Waals surface area contributed by atoms with Crippen LogP contribution < -0.4 is 0 Å². The Bertz CT molecular complexity index is 619. The van der Waals surface area contributed by atoms with Gasteiger partial charge in [-0.15, -0.1) is 0 Å². The van der Waals surface area contributed by atoms with Gasteiger partial charge in [-0.1, -0.05) is 29.8 Å². The molecule has 1 amide bonds. The predicted octanol–water partition coefficient (Wildman–Crippen LogP) is 4.23. The van der Waals surface area contributed by atoms with Crippen molar-refractivity contribution in [2.45, 2.75) is 20.4 Å². The second kappa shape index (κ2) is 6.10. The van der Waals surface area contributed by atoms with Crippen molar-refractivity contribution in [3.63, 3.8) is 0 Å². The van der Waals surface area contributed by atoms with Crippen molar-refractivity contribution in [2.75, 3.05) is 7.05 Å². The number of rotatable bonds is 3. The Hall–Kier alpha value is -1.80. The molecule has 0 heterocycles. The molecule has 0 aliphatic heterocycles. The van der Waals surface area contributed by atoms with E-state index in [1.165, 1.54) is 5.56 Å². The molecule has 2 nitrogen and oxygen atoms in total. The van der Waals surface area contributed by atoms with Gasteiger partial charge in [-0.05, 0) is 54.8 Å². The molecule has 0 bridgehead atoms. The summed E-state index contributed by atoms with van der Waals surface area (Å²) < 4.78 is 0. The Balaban J connectivity index is 2.11. The molecular weight excluding hydrogens is 270 g/mol. The van der Waals surface area contributed by atoms with Crippen LogP contribution in [0, 0.1) is 13.8 Å². The van der Waals surface area contributed by atoms with Crippen LogP contribution in [0.15, 0.2) is 42.5 Å². The first-order chi connectivity index (χ1) is 9.47. The van der Waals surface area contributed by atoms with Gasteiger partial charge in [0.05, 0.1) is 0 Å². The van der Waals surface area contributed by atoms with E-state index in [0.29, 0.717) is 11.6 Å². The molecule has 0 aromatic heterocycles. The lowest BCUT2D eigenvalue weighted by atomic mass is 10.1. The van der Waals surface area contributed by atoms with Gasteiger partial charge in [0.25, 0.3) is 5.91 Å². The molecule has 3 heteroatoms.